The van der Waals surface area contributed by atoms with Gasteiger partial charge in [-0.25, -0.2) is 4.79 Å². The lowest BCUT2D eigenvalue weighted by Crippen LogP contribution is -2.65. The van der Waals surface area contributed by atoms with Gasteiger partial charge in [0.2, 0.25) is 5.91 Å². The minimum Gasteiger partial charge on any atom is -0.457 e. The highest BCUT2D eigenvalue weighted by Crippen LogP contribution is 2.54. The summed E-state index contributed by atoms with van der Waals surface area (Å²) in [7, 11) is -1.99. The molecule has 2 heterocycles. The molecule has 1 aliphatic carbocycles. The second-order valence-electron chi connectivity index (χ2n) is 10.4. The molecule has 0 aromatic heterocycles. The van der Waals surface area contributed by atoms with Crippen molar-refractivity contribution in [3.8, 4) is 0 Å². The normalized spacial score (nSPS) is 30.4. The van der Waals surface area contributed by atoms with Crippen molar-refractivity contribution < 1.29 is 18.8 Å². The lowest BCUT2D eigenvalue weighted by molar-refractivity contribution is -0.163. The molecule has 0 spiro atoms. The first kappa shape index (κ1) is 22.3. The molecular weight excluding hydrogens is 382 g/mol. The van der Waals surface area contributed by atoms with E-state index in [0.29, 0.717) is 11.6 Å². The molecule has 6 heteroatoms. The summed E-state index contributed by atoms with van der Waals surface area (Å²) in [6.45, 7) is 19.1. The van der Waals surface area contributed by atoms with Gasteiger partial charge in [-0.2, -0.15) is 0 Å². The van der Waals surface area contributed by atoms with E-state index in [1.54, 1.807) is 11.0 Å². The first-order valence-corrected chi connectivity index (χ1v) is 13.9. The van der Waals surface area contributed by atoms with Crippen molar-refractivity contribution in [1.29, 1.82) is 0 Å². The van der Waals surface area contributed by atoms with E-state index in [-0.39, 0.29) is 47.5 Å². The third kappa shape index (κ3) is 3.63. The molecule has 2 aliphatic heterocycles. The average Bonchev–Trinajstić information content (AvgIpc) is 2.90. The minimum atomic E-state index is -1.99. The molecule has 3 rings (SSSR count). The molecule has 0 aromatic rings. The zero-order chi connectivity index (χ0) is 21.7. The van der Waals surface area contributed by atoms with Crippen molar-refractivity contribution in [3.05, 3.63) is 23.9 Å². The molecule has 5 atom stereocenters. The molecule has 2 fully saturated rings. The van der Waals surface area contributed by atoms with E-state index in [2.05, 4.69) is 47.4 Å². The van der Waals surface area contributed by atoms with Crippen LogP contribution in [0.5, 0.6) is 0 Å². The largest absolute Gasteiger partial charge is 0.457 e. The monoisotopic (exact) mass is 419 g/mol. The summed E-state index contributed by atoms with van der Waals surface area (Å²) < 4.78 is 12.0. The predicted molar refractivity (Wildman–Crippen MR) is 117 cm³/mol. The predicted octanol–water partition coefficient (Wildman–Crippen LogP) is 4.66. The van der Waals surface area contributed by atoms with Gasteiger partial charge in [-0.15, -0.1) is 0 Å². The molecule has 0 aromatic carbocycles. The highest BCUT2D eigenvalue weighted by molar-refractivity contribution is 6.74. The Labute approximate surface area is 176 Å². The number of carbonyl (C=O) groups excluding carboxylic acids is 2. The Morgan fingerprint density at radius 3 is 2.59 bits per heavy atom. The Morgan fingerprint density at radius 1 is 1.34 bits per heavy atom. The third-order valence-corrected chi connectivity index (χ3v) is 12.1. The van der Waals surface area contributed by atoms with Crippen LogP contribution in [0.15, 0.2) is 23.9 Å². The maximum absolute atomic E-state index is 13.3. The van der Waals surface area contributed by atoms with Crippen molar-refractivity contribution in [2.24, 2.45) is 17.8 Å². The van der Waals surface area contributed by atoms with E-state index in [4.69, 9.17) is 9.16 Å². The fourth-order valence-electron chi connectivity index (χ4n) is 5.06. The van der Waals surface area contributed by atoms with Crippen LogP contribution in [-0.2, 0) is 18.8 Å². The molecule has 0 bridgehead atoms. The summed E-state index contributed by atoms with van der Waals surface area (Å²) in [5, 5.41) is 0.0891. The Balaban J connectivity index is 1.88. The molecular formula is C23H37NO4Si. The average molecular weight is 420 g/mol. The lowest BCUT2D eigenvalue weighted by atomic mass is 9.70. The zero-order valence-electron chi connectivity index (χ0n) is 19.1. The van der Waals surface area contributed by atoms with Crippen LogP contribution in [0.1, 0.15) is 53.9 Å². The summed E-state index contributed by atoms with van der Waals surface area (Å²) in [4.78, 5) is 27.8. The van der Waals surface area contributed by atoms with Gasteiger partial charge in [0.1, 0.15) is 12.3 Å². The number of fused-ring (bicyclic) bond motifs is 3. The number of carbonyl (C=O) groups is 2. The van der Waals surface area contributed by atoms with Crippen molar-refractivity contribution in [1.82, 2.24) is 4.90 Å². The second-order valence-corrected chi connectivity index (χ2v) is 15.2. The van der Waals surface area contributed by atoms with E-state index in [1.807, 2.05) is 6.92 Å². The first-order chi connectivity index (χ1) is 13.4. The van der Waals surface area contributed by atoms with E-state index in [0.717, 1.165) is 24.8 Å². The lowest BCUT2D eigenvalue weighted by Gasteiger charge is -2.51. The van der Waals surface area contributed by atoms with Crippen LogP contribution in [0.25, 0.3) is 0 Å². The molecule has 29 heavy (non-hydrogen) atoms. The second kappa shape index (κ2) is 7.69. The fraction of sp³-hybridized carbons (Fsp3) is 0.739. The number of hydrogen-bond acceptors (Lipinski definition) is 4. The Kier molecular flexibility index (Phi) is 5.91. The van der Waals surface area contributed by atoms with Crippen LogP contribution in [0.3, 0.4) is 0 Å². The van der Waals surface area contributed by atoms with Crippen LogP contribution >= 0.6 is 0 Å². The summed E-state index contributed by atoms with van der Waals surface area (Å²) in [5.74, 6) is -0.000183. The topological polar surface area (TPSA) is 55.8 Å². The standard InChI is InChI=1S/C23H37NO4Si/c1-9-13-27-22(26)20-17-14(2)11-10-12-16(17)19-18(21(25)24(19)20)15(3)28-29(7,8)23(4,5)6/h9,14-16,18-19H,1,10-13H2,2-8H3. The van der Waals surface area contributed by atoms with E-state index < -0.39 is 8.32 Å². The third-order valence-electron chi connectivity index (χ3n) is 7.52. The Hall–Kier alpha value is -1.40. The van der Waals surface area contributed by atoms with Crippen LogP contribution < -0.4 is 0 Å². The summed E-state index contributed by atoms with van der Waals surface area (Å²) in [6.07, 6.45) is 4.63. The van der Waals surface area contributed by atoms with Gasteiger partial charge >= 0.3 is 5.97 Å². The van der Waals surface area contributed by atoms with Gasteiger partial charge in [-0.3, -0.25) is 4.79 Å². The highest BCUT2D eigenvalue weighted by Gasteiger charge is 2.62. The summed E-state index contributed by atoms with van der Waals surface area (Å²) in [5.41, 5.74) is 1.64. The zero-order valence-corrected chi connectivity index (χ0v) is 20.1. The smallest absolute Gasteiger partial charge is 0.355 e. The van der Waals surface area contributed by atoms with Crippen molar-refractivity contribution in [2.45, 2.75) is 84.2 Å². The molecule has 1 amide bonds. The van der Waals surface area contributed by atoms with Crippen molar-refractivity contribution in [3.63, 3.8) is 0 Å². The number of nitrogens with zero attached hydrogens (tertiary/aromatic N) is 1. The van der Waals surface area contributed by atoms with Gasteiger partial charge in [0.25, 0.3) is 0 Å². The quantitative estimate of drug-likeness (QED) is 0.272. The van der Waals surface area contributed by atoms with Crippen molar-refractivity contribution >= 4 is 20.2 Å². The van der Waals surface area contributed by atoms with Crippen LogP contribution in [0.2, 0.25) is 18.1 Å². The van der Waals surface area contributed by atoms with Crippen molar-refractivity contribution in [2.75, 3.05) is 6.61 Å². The number of esters is 1. The number of hydrogen-bond donors (Lipinski definition) is 0. The highest BCUT2D eigenvalue weighted by atomic mass is 28.4. The van der Waals surface area contributed by atoms with E-state index in [1.165, 1.54) is 0 Å². The molecule has 5 unspecified atom stereocenters. The van der Waals surface area contributed by atoms with Crippen LogP contribution in [-0.4, -0.2) is 43.8 Å². The number of ether oxygens (including phenoxy) is 1. The summed E-state index contributed by atoms with van der Waals surface area (Å²) >= 11 is 0. The van der Waals surface area contributed by atoms with Gasteiger partial charge in [-0.1, -0.05) is 46.8 Å². The summed E-state index contributed by atoms with van der Waals surface area (Å²) in [6, 6.07) is 0.0336. The molecule has 0 N–H and O–H groups in total. The van der Waals surface area contributed by atoms with Gasteiger partial charge in [0.15, 0.2) is 8.32 Å². The fourth-order valence-corrected chi connectivity index (χ4v) is 6.49. The number of amides is 1. The molecule has 1 saturated carbocycles. The Morgan fingerprint density at radius 2 is 2.00 bits per heavy atom. The van der Waals surface area contributed by atoms with Gasteiger partial charge in [0, 0.05) is 5.92 Å². The van der Waals surface area contributed by atoms with E-state index >= 15 is 0 Å². The van der Waals surface area contributed by atoms with E-state index in [9.17, 15) is 9.59 Å². The molecule has 1 saturated heterocycles. The number of rotatable bonds is 6. The molecule has 3 aliphatic rings. The maximum atomic E-state index is 13.3. The Bertz CT molecular complexity index is 736. The molecule has 5 nitrogen and oxygen atoms in total. The van der Waals surface area contributed by atoms with Gasteiger partial charge in [-0.05, 0) is 49.4 Å². The minimum absolute atomic E-state index is 0.0147. The maximum Gasteiger partial charge on any atom is 0.355 e. The first-order valence-electron chi connectivity index (χ1n) is 11.0. The van der Waals surface area contributed by atoms with Crippen LogP contribution in [0.4, 0.5) is 0 Å². The van der Waals surface area contributed by atoms with Gasteiger partial charge in [0.05, 0.1) is 18.1 Å². The SMILES string of the molecule is C=CCOC(=O)C1=C2C(C)CCCC2C2C(C(C)O[Si](C)(C)C(C)(C)C)C(=O)N12. The van der Waals surface area contributed by atoms with Crippen LogP contribution in [0, 0.1) is 17.8 Å². The van der Waals surface area contributed by atoms with Gasteiger partial charge < -0.3 is 14.1 Å². The number of β-lactam (4-membered cyclic amide) rings is 1. The molecule has 162 valence electrons. The molecule has 0 radical (unpaired) electrons.